The molecule has 0 unspecified atom stereocenters. The maximum atomic E-state index is 11.8. The van der Waals surface area contributed by atoms with Gasteiger partial charge in [-0.2, -0.15) is 0 Å². The van der Waals surface area contributed by atoms with Crippen molar-refractivity contribution in [1.82, 2.24) is 4.98 Å². The van der Waals surface area contributed by atoms with Crippen LogP contribution in [0.15, 0.2) is 30.5 Å². The Bertz CT molecular complexity index is 643. The molecule has 0 aliphatic heterocycles. The first kappa shape index (κ1) is 15.6. The molecule has 1 aromatic heterocycles. The van der Waals surface area contributed by atoms with Crippen LogP contribution >= 0.6 is 11.6 Å². The van der Waals surface area contributed by atoms with Gasteiger partial charge in [0.15, 0.2) is 0 Å². The molecule has 2 aromatic rings. The van der Waals surface area contributed by atoms with Crippen LogP contribution in [0.25, 0.3) is 10.9 Å². The fraction of sp³-hybridized carbons (Fsp3) is 0.375. The molecular weight excluding hydrogens is 288 g/mol. The Balaban J connectivity index is 2.43. The summed E-state index contributed by atoms with van der Waals surface area (Å²) in [5.74, 6) is -0.231. The summed E-state index contributed by atoms with van der Waals surface area (Å²) in [5, 5.41) is 1.62. The number of rotatable bonds is 5. The summed E-state index contributed by atoms with van der Waals surface area (Å²) >= 11 is 6.01. The van der Waals surface area contributed by atoms with Gasteiger partial charge in [0.2, 0.25) is 0 Å². The molecule has 112 valence electrons. The summed E-state index contributed by atoms with van der Waals surface area (Å²) in [7, 11) is 0. The third-order valence-corrected chi connectivity index (χ3v) is 3.45. The molecule has 4 nitrogen and oxygen atoms in total. The van der Waals surface area contributed by atoms with Crippen molar-refractivity contribution in [3.05, 3.63) is 35.5 Å². The van der Waals surface area contributed by atoms with Crippen molar-refractivity contribution in [2.45, 2.75) is 26.8 Å². The number of halogens is 1. The lowest BCUT2D eigenvalue weighted by atomic mass is 10.1. The van der Waals surface area contributed by atoms with Crippen molar-refractivity contribution in [3.63, 3.8) is 0 Å². The van der Waals surface area contributed by atoms with Crippen LogP contribution in [0.2, 0.25) is 5.02 Å². The molecule has 0 saturated heterocycles. The Hall–Kier alpha value is -1.81. The number of pyridine rings is 1. The van der Waals surface area contributed by atoms with Gasteiger partial charge in [0.05, 0.1) is 12.1 Å². The molecule has 0 radical (unpaired) electrons. The maximum Gasteiger partial charge on any atom is 0.325 e. The van der Waals surface area contributed by atoms with Crippen molar-refractivity contribution >= 4 is 34.2 Å². The van der Waals surface area contributed by atoms with Gasteiger partial charge in [-0.05, 0) is 45.0 Å². The second kappa shape index (κ2) is 6.76. The number of ether oxygens (including phenoxy) is 1. The number of aromatic nitrogens is 1. The normalized spacial score (nSPS) is 10.9. The van der Waals surface area contributed by atoms with Crippen LogP contribution in [0.1, 0.15) is 20.8 Å². The lowest BCUT2D eigenvalue weighted by molar-refractivity contribution is -0.141. The van der Waals surface area contributed by atoms with E-state index in [-0.39, 0.29) is 18.6 Å². The number of benzene rings is 1. The van der Waals surface area contributed by atoms with Gasteiger partial charge < -0.3 is 9.64 Å². The molecule has 2 rings (SSSR count). The monoisotopic (exact) mass is 306 g/mol. The highest BCUT2D eigenvalue weighted by Crippen LogP contribution is 2.28. The lowest BCUT2D eigenvalue weighted by Gasteiger charge is -2.29. The minimum atomic E-state index is -0.231. The van der Waals surface area contributed by atoms with Gasteiger partial charge in [-0.3, -0.25) is 9.78 Å². The fourth-order valence-electron chi connectivity index (χ4n) is 2.25. The molecule has 1 heterocycles. The Morgan fingerprint density at radius 3 is 2.81 bits per heavy atom. The molecule has 0 saturated carbocycles. The van der Waals surface area contributed by atoms with Gasteiger partial charge in [0, 0.05) is 28.3 Å². The Labute approximate surface area is 129 Å². The number of carbonyl (C=O) groups is 1. The van der Waals surface area contributed by atoms with E-state index in [1.165, 1.54) is 0 Å². The summed E-state index contributed by atoms with van der Waals surface area (Å²) in [4.78, 5) is 18.2. The fourth-order valence-corrected chi connectivity index (χ4v) is 2.41. The first-order valence-corrected chi connectivity index (χ1v) is 7.37. The minimum Gasteiger partial charge on any atom is -0.465 e. The molecule has 0 bridgehead atoms. The SMILES string of the molecule is CCOC(=O)CN(c1ccnc2cc(Cl)ccc12)C(C)C. The molecule has 0 N–H and O–H groups in total. The third kappa shape index (κ3) is 3.64. The quantitative estimate of drug-likeness (QED) is 0.791. The van der Waals surface area contributed by atoms with Crippen LogP contribution in [-0.4, -0.2) is 30.1 Å². The second-order valence-corrected chi connectivity index (χ2v) is 5.45. The van der Waals surface area contributed by atoms with Crippen LogP contribution in [0.3, 0.4) is 0 Å². The zero-order valence-electron chi connectivity index (χ0n) is 12.5. The van der Waals surface area contributed by atoms with Crippen LogP contribution < -0.4 is 4.90 Å². The number of hydrogen-bond acceptors (Lipinski definition) is 4. The van der Waals surface area contributed by atoms with Crippen LogP contribution in [-0.2, 0) is 9.53 Å². The van der Waals surface area contributed by atoms with E-state index in [1.54, 1.807) is 13.1 Å². The topological polar surface area (TPSA) is 42.4 Å². The van der Waals surface area contributed by atoms with Crippen LogP contribution in [0.5, 0.6) is 0 Å². The standard InChI is InChI=1S/C16H19ClN2O2/c1-4-21-16(20)10-19(11(2)3)15-7-8-18-14-9-12(17)5-6-13(14)15/h5-9,11H,4,10H2,1-3H3. The highest BCUT2D eigenvalue weighted by molar-refractivity contribution is 6.31. The summed E-state index contributed by atoms with van der Waals surface area (Å²) in [5.41, 5.74) is 1.77. The van der Waals surface area contributed by atoms with Gasteiger partial charge >= 0.3 is 5.97 Å². The highest BCUT2D eigenvalue weighted by atomic mass is 35.5. The molecule has 0 aliphatic carbocycles. The number of fused-ring (bicyclic) bond motifs is 1. The van der Waals surface area contributed by atoms with Crippen LogP contribution in [0.4, 0.5) is 5.69 Å². The first-order chi connectivity index (χ1) is 10.0. The predicted octanol–water partition coefficient (Wildman–Crippen LogP) is 3.67. The van der Waals surface area contributed by atoms with Gasteiger partial charge in [-0.25, -0.2) is 0 Å². The second-order valence-electron chi connectivity index (χ2n) is 5.02. The Kier molecular flexibility index (Phi) is 5.02. The summed E-state index contributed by atoms with van der Waals surface area (Å²) < 4.78 is 5.06. The number of hydrogen-bond donors (Lipinski definition) is 0. The predicted molar refractivity (Wildman–Crippen MR) is 85.9 cm³/mol. The summed E-state index contributed by atoms with van der Waals surface area (Å²) in [6.45, 7) is 6.50. The van der Waals surface area contributed by atoms with Gasteiger partial charge in [-0.15, -0.1) is 0 Å². The number of carbonyl (C=O) groups excluding carboxylic acids is 1. The Morgan fingerprint density at radius 2 is 2.14 bits per heavy atom. The average molecular weight is 307 g/mol. The smallest absolute Gasteiger partial charge is 0.325 e. The molecule has 5 heteroatoms. The van der Waals surface area contributed by atoms with Crippen molar-refractivity contribution in [2.24, 2.45) is 0 Å². The lowest BCUT2D eigenvalue weighted by Crippen LogP contribution is -2.36. The van der Waals surface area contributed by atoms with Gasteiger partial charge in [0.25, 0.3) is 0 Å². The van der Waals surface area contributed by atoms with E-state index in [9.17, 15) is 4.79 Å². The highest BCUT2D eigenvalue weighted by Gasteiger charge is 2.18. The minimum absolute atomic E-state index is 0.163. The van der Waals surface area contributed by atoms with E-state index in [4.69, 9.17) is 16.3 Å². The summed E-state index contributed by atoms with van der Waals surface area (Å²) in [6.07, 6.45) is 1.73. The third-order valence-electron chi connectivity index (χ3n) is 3.22. The molecule has 0 spiro atoms. The van der Waals surface area contributed by atoms with E-state index in [0.29, 0.717) is 11.6 Å². The largest absolute Gasteiger partial charge is 0.465 e. The molecular formula is C16H19ClN2O2. The van der Waals surface area contributed by atoms with Gasteiger partial charge in [0.1, 0.15) is 6.54 Å². The molecule has 21 heavy (non-hydrogen) atoms. The van der Waals surface area contributed by atoms with Crippen LogP contribution in [0, 0.1) is 0 Å². The van der Waals surface area contributed by atoms with E-state index in [1.807, 2.05) is 43.0 Å². The summed E-state index contributed by atoms with van der Waals surface area (Å²) in [6, 6.07) is 7.66. The number of nitrogens with zero attached hydrogens (tertiary/aromatic N) is 2. The number of anilines is 1. The number of esters is 1. The Morgan fingerprint density at radius 1 is 1.38 bits per heavy atom. The molecule has 0 fully saturated rings. The van der Waals surface area contributed by atoms with Crippen molar-refractivity contribution < 1.29 is 9.53 Å². The van der Waals surface area contributed by atoms with Crippen molar-refractivity contribution in [1.29, 1.82) is 0 Å². The molecule has 1 aromatic carbocycles. The molecule has 0 aliphatic rings. The molecule has 0 amide bonds. The van der Waals surface area contributed by atoms with E-state index in [0.717, 1.165) is 16.6 Å². The van der Waals surface area contributed by atoms with E-state index in [2.05, 4.69) is 4.98 Å². The average Bonchev–Trinajstić information content (AvgIpc) is 2.44. The van der Waals surface area contributed by atoms with Crippen molar-refractivity contribution in [3.8, 4) is 0 Å². The van der Waals surface area contributed by atoms with Gasteiger partial charge in [-0.1, -0.05) is 11.6 Å². The first-order valence-electron chi connectivity index (χ1n) is 6.99. The maximum absolute atomic E-state index is 11.8. The zero-order valence-corrected chi connectivity index (χ0v) is 13.2. The zero-order chi connectivity index (χ0) is 15.4. The van der Waals surface area contributed by atoms with E-state index >= 15 is 0 Å². The molecule has 0 atom stereocenters. The van der Waals surface area contributed by atoms with Crippen molar-refractivity contribution in [2.75, 3.05) is 18.1 Å². The van der Waals surface area contributed by atoms with E-state index < -0.39 is 0 Å².